The summed E-state index contributed by atoms with van der Waals surface area (Å²) in [5.74, 6) is 0.0599. The Morgan fingerprint density at radius 3 is 2.40 bits per heavy atom. The molecule has 0 unspecified atom stereocenters. The molecule has 162 valence electrons. The van der Waals surface area contributed by atoms with Crippen LogP contribution in [0.5, 0.6) is 0 Å². The van der Waals surface area contributed by atoms with Gasteiger partial charge in [0.1, 0.15) is 0 Å². The smallest absolute Gasteiger partial charge is 0.253 e. The molecule has 1 fully saturated rings. The van der Waals surface area contributed by atoms with Crippen LogP contribution in [0, 0.1) is 5.92 Å². The van der Waals surface area contributed by atoms with Gasteiger partial charge in [-0.15, -0.1) is 0 Å². The van der Waals surface area contributed by atoms with E-state index in [1.54, 1.807) is 35.6 Å². The van der Waals surface area contributed by atoms with Crippen molar-refractivity contribution in [3.05, 3.63) is 57.2 Å². The summed E-state index contributed by atoms with van der Waals surface area (Å²) in [5, 5.41) is 8.04. The van der Waals surface area contributed by atoms with Gasteiger partial charge in [0.25, 0.3) is 5.91 Å². The maximum absolute atomic E-state index is 12.8. The third-order valence-corrected chi connectivity index (χ3v) is 6.85. The van der Waals surface area contributed by atoms with Crippen LogP contribution in [-0.4, -0.2) is 54.3 Å². The summed E-state index contributed by atoms with van der Waals surface area (Å²) in [6, 6.07) is 9.30. The van der Waals surface area contributed by atoms with E-state index in [4.69, 9.17) is 11.6 Å². The molecule has 5 nitrogen and oxygen atoms in total. The first-order valence-corrected chi connectivity index (χ1v) is 11.9. The fourth-order valence-electron chi connectivity index (χ4n) is 4.05. The Kier molecular flexibility index (Phi) is 8.31. The molecule has 1 aliphatic heterocycles. The monoisotopic (exact) mass is 447 g/mol. The van der Waals surface area contributed by atoms with E-state index in [0.29, 0.717) is 43.1 Å². The van der Waals surface area contributed by atoms with Gasteiger partial charge >= 0.3 is 0 Å². The van der Waals surface area contributed by atoms with Gasteiger partial charge in [0.05, 0.1) is 6.04 Å². The van der Waals surface area contributed by atoms with Crippen molar-refractivity contribution < 1.29 is 9.59 Å². The lowest BCUT2D eigenvalue weighted by Crippen LogP contribution is -2.45. The van der Waals surface area contributed by atoms with Crippen LogP contribution in [0.3, 0.4) is 0 Å². The fraction of sp³-hybridized carbons (Fsp3) is 0.478. The highest BCUT2D eigenvalue weighted by Gasteiger charge is 2.28. The fourth-order valence-corrected chi connectivity index (χ4v) is 4.88. The van der Waals surface area contributed by atoms with Crippen LogP contribution in [0.4, 0.5) is 0 Å². The molecular weight excluding hydrogens is 418 g/mol. The molecule has 3 rings (SSSR count). The van der Waals surface area contributed by atoms with Crippen molar-refractivity contribution in [3.8, 4) is 0 Å². The van der Waals surface area contributed by atoms with Crippen molar-refractivity contribution >= 4 is 34.8 Å². The Labute approximate surface area is 188 Å². The largest absolute Gasteiger partial charge is 0.354 e. The molecule has 1 aliphatic rings. The third kappa shape index (κ3) is 5.62. The normalized spacial score (nSPS) is 15.9. The van der Waals surface area contributed by atoms with Crippen LogP contribution in [0.1, 0.15) is 48.7 Å². The van der Waals surface area contributed by atoms with Gasteiger partial charge in [0.15, 0.2) is 0 Å². The van der Waals surface area contributed by atoms with E-state index in [2.05, 4.69) is 40.9 Å². The molecule has 0 radical (unpaired) electrons. The minimum Gasteiger partial charge on any atom is -0.354 e. The number of carbonyl (C=O) groups is 2. The SMILES string of the molecule is CCN(CC)[C@H](CNC(=O)C1CCN(C(=O)c2ccc(Cl)cc2)CC1)c1ccsc1. The van der Waals surface area contributed by atoms with Gasteiger partial charge in [-0.2, -0.15) is 11.3 Å². The molecule has 30 heavy (non-hydrogen) atoms. The molecule has 0 spiro atoms. The molecule has 1 atom stereocenters. The first kappa shape index (κ1) is 22.8. The number of benzene rings is 1. The molecule has 1 saturated heterocycles. The summed E-state index contributed by atoms with van der Waals surface area (Å²) in [4.78, 5) is 29.7. The van der Waals surface area contributed by atoms with Crippen molar-refractivity contribution in [2.24, 2.45) is 5.92 Å². The van der Waals surface area contributed by atoms with Crippen LogP contribution in [-0.2, 0) is 4.79 Å². The van der Waals surface area contributed by atoms with Gasteiger partial charge in [0.2, 0.25) is 5.91 Å². The minimum atomic E-state index is -0.0425. The topological polar surface area (TPSA) is 52.7 Å². The van der Waals surface area contributed by atoms with E-state index in [1.165, 1.54) is 5.56 Å². The first-order chi connectivity index (χ1) is 14.5. The molecule has 1 N–H and O–H groups in total. The van der Waals surface area contributed by atoms with Crippen LogP contribution in [0.25, 0.3) is 0 Å². The van der Waals surface area contributed by atoms with Crippen molar-refractivity contribution in [2.45, 2.75) is 32.7 Å². The Morgan fingerprint density at radius 2 is 1.83 bits per heavy atom. The molecule has 0 saturated carbocycles. The molecule has 7 heteroatoms. The number of halogens is 1. The second-order valence-electron chi connectivity index (χ2n) is 7.61. The molecular formula is C23H30ClN3O2S. The van der Waals surface area contributed by atoms with Crippen LogP contribution in [0.15, 0.2) is 41.1 Å². The van der Waals surface area contributed by atoms with Gasteiger partial charge in [-0.1, -0.05) is 25.4 Å². The highest BCUT2D eigenvalue weighted by molar-refractivity contribution is 7.08. The second-order valence-corrected chi connectivity index (χ2v) is 8.83. The average Bonchev–Trinajstić information content (AvgIpc) is 3.31. The predicted molar refractivity (Wildman–Crippen MR) is 123 cm³/mol. The molecule has 0 aliphatic carbocycles. The highest BCUT2D eigenvalue weighted by Crippen LogP contribution is 2.24. The first-order valence-electron chi connectivity index (χ1n) is 10.6. The number of amides is 2. The van der Waals surface area contributed by atoms with Gasteiger partial charge in [-0.25, -0.2) is 0 Å². The summed E-state index contributed by atoms with van der Waals surface area (Å²) in [6.07, 6.45) is 1.39. The minimum absolute atomic E-state index is 0.00424. The standard InChI is InChI=1S/C23H30ClN3O2S/c1-3-26(4-2)21(19-11-14-30-16-19)15-25-22(28)17-9-12-27(13-10-17)23(29)18-5-7-20(24)8-6-18/h5-8,11,14,16-17,21H,3-4,9-10,12-13,15H2,1-2H3,(H,25,28)/t21-/m1/s1. The second kappa shape index (κ2) is 10.9. The van der Waals surface area contributed by atoms with E-state index in [9.17, 15) is 9.59 Å². The summed E-state index contributed by atoms with van der Waals surface area (Å²) in [5.41, 5.74) is 1.90. The van der Waals surface area contributed by atoms with Crippen molar-refractivity contribution in [2.75, 3.05) is 32.7 Å². The van der Waals surface area contributed by atoms with E-state index in [-0.39, 0.29) is 23.8 Å². The van der Waals surface area contributed by atoms with Gasteiger partial charge in [-0.3, -0.25) is 14.5 Å². The van der Waals surface area contributed by atoms with Crippen LogP contribution in [0.2, 0.25) is 5.02 Å². The number of carbonyl (C=O) groups excluding carboxylic acids is 2. The number of thiophene rings is 1. The van der Waals surface area contributed by atoms with Gasteiger partial charge in [-0.05, 0) is 72.6 Å². The maximum Gasteiger partial charge on any atom is 0.253 e. The summed E-state index contributed by atoms with van der Waals surface area (Å²) in [6.45, 7) is 8.00. The summed E-state index contributed by atoms with van der Waals surface area (Å²) >= 11 is 7.59. The lowest BCUT2D eigenvalue weighted by molar-refractivity contribution is -0.126. The number of piperidine rings is 1. The van der Waals surface area contributed by atoms with Crippen LogP contribution < -0.4 is 5.32 Å². The molecule has 2 heterocycles. The number of rotatable bonds is 8. The molecule has 0 bridgehead atoms. The highest BCUT2D eigenvalue weighted by atomic mass is 35.5. The Morgan fingerprint density at radius 1 is 1.17 bits per heavy atom. The molecule has 1 aromatic heterocycles. The van der Waals surface area contributed by atoms with E-state index in [1.807, 2.05) is 4.90 Å². The molecule has 2 aromatic rings. The van der Waals surface area contributed by atoms with Crippen molar-refractivity contribution in [1.29, 1.82) is 0 Å². The number of likely N-dealkylation sites (N-methyl/N-ethyl adjacent to an activating group) is 1. The zero-order valence-electron chi connectivity index (χ0n) is 17.6. The van der Waals surface area contributed by atoms with E-state index >= 15 is 0 Å². The maximum atomic E-state index is 12.8. The Hall–Kier alpha value is -1.89. The number of hydrogen-bond donors (Lipinski definition) is 1. The van der Waals surface area contributed by atoms with Crippen molar-refractivity contribution in [3.63, 3.8) is 0 Å². The van der Waals surface area contributed by atoms with Gasteiger partial charge < -0.3 is 10.2 Å². The number of nitrogens with one attached hydrogen (secondary N) is 1. The zero-order valence-corrected chi connectivity index (χ0v) is 19.2. The average molecular weight is 448 g/mol. The predicted octanol–water partition coefficient (Wildman–Crippen LogP) is 4.45. The summed E-state index contributed by atoms with van der Waals surface area (Å²) < 4.78 is 0. The van der Waals surface area contributed by atoms with Crippen molar-refractivity contribution in [1.82, 2.24) is 15.1 Å². The van der Waals surface area contributed by atoms with Gasteiger partial charge in [0, 0.05) is 36.1 Å². The Bertz CT molecular complexity index is 813. The number of likely N-dealkylation sites (tertiary alicyclic amines) is 1. The number of hydrogen-bond acceptors (Lipinski definition) is 4. The number of nitrogens with zero attached hydrogens (tertiary/aromatic N) is 2. The van der Waals surface area contributed by atoms with E-state index < -0.39 is 0 Å². The van der Waals surface area contributed by atoms with Crippen LogP contribution >= 0.6 is 22.9 Å². The summed E-state index contributed by atoms with van der Waals surface area (Å²) in [7, 11) is 0. The molecule has 1 aromatic carbocycles. The zero-order chi connectivity index (χ0) is 21.5. The lowest BCUT2D eigenvalue weighted by Gasteiger charge is -2.33. The third-order valence-electron chi connectivity index (χ3n) is 5.89. The molecule has 2 amide bonds. The quantitative estimate of drug-likeness (QED) is 0.650. The Balaban J connectivity index is 1.52. The lowest BCUT2D eigenvalue weighted by atomic mass is 9.95. The van der Waals surface area contributed by atoms with E-state index in [0.717, 1.165) is 13.1 Å².